The highest BCUT2D eigenvalue weighted by molar-refractivity contribution is 9.10. The van der Waals surface area contributed by atoms with Crippen LogP contribution in [0.1, 0.15) is 11.1 Å². The van der Waals surface area contributed by atoms with Crippen LogP contribution in [0.15, 0.2) is 76.2 Å². The van der Waals surface area contributed by atoms with E-state index >= 15 is 0 Å². The number of benzene rings is 2. The van der Waals surface area contributed by atoms with E-state index in [0.29, 0.717) is 17.7 Å². The predicted octanol–water partition coefficient (Wildman–Crippen LogP) is 5.18. The maximum atomic E-state index is 11.2. The zero-order chi connectivity index (χ0) is 18.5. The lowest BCUT2D eigenvalue weighted by Crippen LogP contribution is -2.07. The molecule has 0 N–H and O–H groups in total. The van der Waals surface area contributed by atoms with Gasteiger partial charge in [0.05, 0.1) is 12.9 Å². The molecule has 0 amide bonds. The van der Waals surface area contributed by atoms with Crippen LogP contribution in [-0.2, 0) is 11.4 Å². The zero-order valence-electron chi connectivity index (χ0n) is 13.4. The van der Waals surface area contributed by atoms with Crippen molar-refractivity contribution in [2.45, 2.75) is 6.54 Å². The molecule has 0 fully saturated rings. The summed E-state index contributed by atoms with van der Waals surface area (Å²) >= 11 is 6.79. The van der Waals surface area contributed by atoms with Gasteiger partial charge in [0.25, 0.3) is 5.09 Å². The number of hydrogen-bond acceptors (Lipinski definition) is 4. The summed E-state index contributed by atoms with van der Waals surface area (Å²) in [6.45, 7) is 0.376. The van der Waals surface area contributed by atoms with Crippen LogP contribution < -0.4 is 0 Å². The van der Waals surface area contributed by atoms with Crippen molar-refractivity contribution in [2.75, 3.05) is 0 Å². The van der Waals surface area contributed by atoms with Crippen LogP contribution >= 0.6 is 31.9 Å². The fourth-order valence-corrected chi connectivity index (χ4v) is 2.99. The van der Waals surface area contributed by atoms with E-state index < -0.39 is 5.09 Å². The summed E-state index contributed by atoms with van der Waals surface area (Å²) < 4.78 is 3.63. The highest BCUT2D eigenvalue weighted by Crippen LogP contribution is 2.30. The van der Waals surface area contributed by atoms with Crippen molar-refractivity contribution in [3.8, 4) is 0 Å². The first-order chi connectivity index (χ1) is 12.5. The van der Waals surface area contributed by atoms with Crippen LogP contribution in [0, 0.1) is 10.1 Å². The lowest BCUT2D eigenvalue weighted by atomic mass is 10.0. The Morgan fingerprint density at radius 3 is 2.12 bits per heavy atom. The highest BCUT2D eigenvalue weighted by Gasteiger charge is 2.17. The Kier molecular flexibility index (Phi) is 5.85. The molecule has 0 radical (unpaired) electrons. The third-order valence-corrected chi connectivity index (χ3v) is 4.70. The lowest BCUT2D eigenvalue weighted by Gasteiger charge is -2.15. The van der Waals surface area contributed by atoms with Crippen molar-refractivity contribution in [1.29, 1.82) is 0 Å². The van der Waals surface area contributed by atoms with E-state index in [1.165, 1.54) is 0 Å². The topological polar surface area (TPSA) is 70.2 Å². The minimum Gasteiger partial charge on any atom is -0.333 e. The third kappa shape index (κ3) is 4.59. The summed E-state index contributed by atoms with van der Waals surface area (Å²) in [5.74, 6) is 0.193. The van der Waals surface area contributed by atoms with Crippen LogP contribution in [0.4, 0.5) is 0 Å². The summed E-state index contributed by atoms with van der Waals surface area (Å²) in [5, 5.41) is 10.4. The van der Waals surface area contributed by atoms with Crippen molar-refractivity contribution in [3.05, 3.63) is 97.4 Å². The van der Waals surface area contributed by atoms with Gasteiger partial charge in [-0.15, -0.1) is 10.1 Å². The Morgan fingerprint density at radius 2 is 1.62 bits per heavy atom. The van der Waals surface area contributed by atoms with Gasteiger partial charge in [-0.05, 0) is 29.8 Å². The van der Waals surface area contributed by atoms with Gasteiger partial charge in [-0.1, -0.05) is 56.1 Å². The third-order valence-electron chi connectivity index (χ3n) is 3.64. The predicted molar refractivity (Wildman–Crippen MR) is 105 cm³/mol. The molecule has 0 saturated carbocycles. The van der Waals surface area contributed by atoms with Crippen molar-refractivity contribution in [1.82, 2.24) is 9.55 Å². The van der Waals surface area contributed by atoms with Crippen LogP contribution in [0.3, 0.4) is 0 Å². The average molecular weight is 479 g/mol. The molecule has 26 heavy (non-hydrogen) atoms. The molecule has 3 rings (SSSR count). The van der Waals surface area contributed by atoms with Gasteiger partial charge in [0.15, 0.2) is 0 Å². The fourth-order valence-electron chi connectivity index (χ4n) is 2.47. The molecule has 1 heterocycles. The molecule has 0 aliphatic carbocycles. The molecule has 3 aromatic rings. The van der Waals surface area contributed by atoms with Crippen molar-refractivity contribution >= 4 is 43.2 Å². The molecule has 0 aliphatic rings. The quantitative estimate of drug-likeness (QED) is 0.211. The molecule has 6 nitrogen and oxygen atoms in total. The number of halogens is 2. The smallest absolute Gasteiger partial charge is 0.299 e. The van der Waals surface area contributed by atoms with Gasteiger partial charge in [-0.3, -0.25) is 4.84 Å². The largest absolute Gasteiger partial charge is 0.333 e. The minimum atomic E-state index is -0.788. The summed E-state index contributed by atoms with van der Waals surface area (Å²) in [4.78, 5) is 20.2. The second-order valence-corrected chi connectivity index (χ2v) is 7.20. The van der Waals surface area contributed by atoms with E-state index in [-0.39, 0.29) is 5.76 Å². The van der Waals surface area contributed by atoms with Crippen LogP contribution in [-0.4, -0.2) is 14.6 Å². The normalized spacial score (nSPS) is 11.8. The average Bonchev–Trinajstić information content (AvgIpc) is 3.13. The maximum Gasteiger partial charge on any atom is 0.299 e. The first-order valence-corrected chi connectivity index (χ1v) is 9.14. The molecule has 0 atom stereocenters. The summed E-state index contributed by atoms with van der Waals surface area (Å²) in [5.41, 5.74) is 2.11. The first-order valence-electron chi connectivity index (χ1n) is 7.56. The number of allylic oxidation sites excluding steroid dienone is 1. The second kappa shape index (κ2) is 8.29. The van der Waals surface area contributed by atoms with E-state index in [1.807, 2.05) is 41.0 Å². The van der Waals surface area contributed by atoms with E-state index in [0.717, 1.165) is 14.5 Å². The Balaban J connectivity index is 2.18. The van der Waals surface area contributed by atoms with E-state index in [4.69, 9.17) is 4.84 Å². The molecular formula is C18H13Br2N3O3. The lowest BCUT2D eigenvalue weighted by molar-refractivity contribution is -0.730. The number of aromatic nitrogens is 2. The molecular weight excluding hydrogens is 466 g/mol. The molecule has 0 saturated heterocycles. The molecule has 132 valence electrons. The van der Waals surface area contributed by atoms with Gasteiger partial charge in [-0.25, -0.2) is 4.98 Å². The number of rotatable bonds is 6. The Hall–Kier alpha value is -2.45. The standard InChI is InChI=1S/C18H13Br2N3O3/c19-15-5-1-13(2-6-15)17(11-22-10-9-21-12-22)18(26-23(24)25)14-3-7-16(20)8-4-14/h1-10,12H,11H2. The molecule has 2 aromatic carbocycles. The highest BCUT2D eigenvalue weighted by atomic mass is 79.9. The van der Waals surface area contributed by atoms with Crippen molar-refractivity contribution < 1.29 is 9.92 Å². The number of nitrogens with zero attached hydrogens (tertiary/aromatic N) is 3. The van der Waals surface area contributed by atoms with E-state index in [2.05, 4.69) is 36.8 Å². The molecule has 0 spiro atoms. The van der Waals surface area contributed by atoms with E-state index in [9.17, 15) is 10.1 Å². The van der Waals surface area contributed by atoms with E-state index in [1.54, 1.807) is 30.9 Å². The number of hydrogen-bond donors (Lipinski definition) is 0. The molecule has 0 aliphatic heterocycles. The van der Waals surface area contributed by atoms with Gasteiger partial charge in [0, 0.05) is 32.5 Å². The summed E-state index contributed by atoms with van der Waals surface area (Å²) in [6.07, 6.45) is 5.11. The Morgan fingerprint density at radius 1 is 1.04 bits per heavy atom. The Labute approximate surface area is 166 Å². The zero-order valence-corrected chi connectivity index (χ0v) is 16.6. The summed E-state index contributed by atoms with van der Waals surface area (Å²) in [7, 11) is 0. The van der Waals surface area contributed by atoms with Gasteiger partial charge in [-0.2, -0.15) is 0 Å². The van der Waals surface area contributed by atoms with Crippen LogP contribution in [0.25, 0.3) is 11.3 Å². The SMILES string of the molecule is O=[N+]([O-])OC(=C(Cn1ccnc1)c1ccc(Br)cc1)c1ccc(Br)cc1. The molecule has 8 heteroatoms. The first kappa shape index (κ1) is 18.3. The van der Waals surface area contributed by atoms with Crippen LogP contribution in [0.5, 0.6) is 0 Å². The van der Waals surface area contributed by atoms with Crippen LogP contribution in [0.2, 0.25) is 0 Å². The fraction of sp³-hybridized carbons (Fsp3) is 0.0556. The molecule has 1 aromatic heterocycles. The maximum absolute atomic E-state index is 11.2. The van der Waals surface area contributed by atoms with Crippen molar-refractivity contribution in [3.63, 3.8) is 0 Å². The van der Waals surface area contributed by atoms with Gasteiger partial charge in [0.1, 0.15) is 5.76 Å². The van der Waals surface area contributed by atoms with Gasteiger partial charge in [0.2, 0.25) is 0 Å². The summed E-state index contributed by atoms with van der Waals surface area (Å²) in [6, 6.07) is 14.7. The molecule has 0 bridgehead atoms. The molecule has 0 unspecified atom stereocenters. The minimum absolute atomic E-state index is 0.193. The number of imidazole rings is 1. The second-order valence-electron chi connectivity index (χ2n) is 5.37. The monoisotopic (exact) mass is 477 g/mol. The Bertz CT molecular complexity index is 921. The van der Waals surface area contributed by atoms with Gasteiger partial charge < -0.3 is 4.57 Å². The van der Waals surface area contributed by atoms with Gasteiger partial charge >= 0.3 is 0 Å². The van der Waals surface area contributed by atoms with Crippen molar-refractivity contribution in [2.24, 2.45) is 0 Å².